The molecule has 0 radical (unpaired) electrons. The summed E-state index contributed by atoms with van der Waals surface area (Å²) in [4.78, 5) is 8.02. The molecule has 0 bridgehead atoms. The van der Waals surface area contributed by atoms with E-state index < -0.39 is 11.6 Å². The average Bonchev–Trinajstić information content (AvgIpc) is 2.60. The summed E-state index contributed by atoms with van der Waals surface area (Å²) in [7, 11) is 0. The molecular weight excluding hydrogens is 329 g/mol. The van der Waals surface area contributed by atoms with E-state index >= 15 is 0 Å². The van der Waals surface area contributed by atoms with E-state index in [0.29, 0.717) is 18.8 Å². The first-order valence-corrected chi connectivity index (χ1v) is 7.63. The van der Waals surface area contributed by atoms with Gasteiger partial charge in [0.25, 0.3) is 0 Å². The highest BCUT2D eigenvalue weighted by molar-refractivity contribution is 5.60. The minimum Gasteiger partial charge on any atom is -0.370 e. The SMILES string of the molecule is Fc1ccc(CCNc2cc(Nc3c(F)cccc3F)ncn2)cc1. The molecule has 1 aromatic heterocycles. The predicted octanol–water partition coefficient (Wildman–Crippen LogP) is 4.29. The molecule has 2 N–H and O–H groups in total. The average molecular weight is 344 g/mol. The van der Waals surface area contributed by atoms with E-state index in [1.807, 2.05) is 0 Å². The van der Waals surface area contributed by atoms with Crippen molar-refractivity contribution in [1.29, 1.82) is 0 Å². The molecule has 2 aromatic carbocycles. The van der Waals surface area contributed by atoms with Crippen molar-refractivity contribution in [1.82, 2.24) is 9.97 Å². The monoisotopic (exact) mass is 344 g/mol. The van der Waals surface area contributed by atoms with E-state index in [1.54, 1.807) is 18.2 Å². The maximum atomic E-state index is 13.7. The zero-order valence-corrected chi connectivity index (χ0v) is 13.1. The van der Waals surface area contributed by atoms with Gasteiger partial charge >= 0.3 is 0 Å². The van der Waals surface area contributed by atoms with Crippen molar-refractivity contribution >= 4 is 17.3 Å². The lowest BCUT2D eigenvalue weighted by atomic mass is 10.1. The number of benzene rings is 2. The quantitative estimate of drug-likeness (QED) is 0.700. The molecule has 7 heteroatoms. The number of hydrogen-bond acceptors (Lipinski definition) is 4. The molecule has 3 rings (SSSR count). The van der Waals surface area contributed by atoms with E-state index in [1.165, 1.54) is 24.5 Å². The van der Waals surface area contributed by atoms with Crippen LogP contribution in [0.4, 0.5) is 30.5 Å². The molecule has 1 heterocycles. The van der Waals surface area contributed by atoms with Crippen molar-refractivity contribution in [3.05, 3.63) is 77.9 Å². The number of nitrogens with one attached hydrogen (secondary N) is 2. The van der Waals surface area contributed by atoms with Gasteiger partial charge in [0.15, 0.2) is 0 Å². The Morgan fingerprint density at radius 2 is 1.52 bits per heavy atom. The van der Waals surface area contributed by atoms with Gasteiger partial charge in [-0.15, -0.1) is 0 Å². The summed E-state index contributed by atoms with van der Waals surface area (Å²) in [5, 5.41) is 5.70. The summed E-state index contributed by atoms with van der Waals surface area (Å²) in [5.74, 6) is -0.905. The summed E-state index contributed by atoms with van der Waals surface area (Å²) in [6.45, 7) is 0.566. The normalized spacial score (nSPS) is 10.5. The number of anilines is 3. The minimum atomic E-state index is -0.704. The van der Waals surface area contributed by atoms with Gasteiger partial charge in [-0.1, -0.05) is 18.2 Å². The zero-order valence-electron chi connectivity index (χ0n) is 13.1. The minimum absolute atomic E-state index is 0.265. The van der Waals surface area contributed by atoms with Crippen molar-refractivity contribution in [3.8, 4) is 0 Å². The Hall–Kier alpha value is -3.09. The largest absolute Gasteiger partial charge is 0.370 e. The first-order valence-electron chi connectivity index (χ1n) is 7.63. The molecule has 0 atom stereocenters. The number of hydrogen-bond donors (Lipinski definition) is 2. The van der Waals surface area contributed by atoms with Crippen LogP contribution >= 0.6 is 0 Å². The number of nitrogens with zero attached hydrogens (tertiary/aromatic N) is 2. The molecule has 0 amide bonds. The Kier molecular flexibility index (Phi) is 5.13. The second kappa shape index (κ2) is 7.65. The molecule has 0 fully saturated rings. The molecule has 0 unspecified atom stereocenters. The lowest BCUT2D eigenvalue weighted by Crippen LogP contribution is -2.07. The molecule has 4 nitrogen and oxygen atoms in total. The van der Waals surface area contributed by atoms with Crippen LogP contribution in [0.25, 0.3) is 0 Å². The molecule has 128 valence electrons. The fraction of sp³-hybridized carbons (Fsp3) is 0.111. The van der Waals surface area contributed by atoms with Gasteiger partial charge in [-0.05, 0) is 36.2 Å². The van der Waals surface area contributed by atoms with E-state index in [2.05, 4.69) is 20.6 Å². The van der Waals surface area contributed by atoms with Gasteiger partial charge in [-0.3, -0.25) is 0 Å². The molecule has 0 spiro atoms. The Morgan fingerprint density at radius 1 is 0.840 bits per heavy atom. The van der Waals surface area contributed by atoms with Gasteiger partial charge in [0.05, 0.1) is 0 Å². The van der Waals surface area contributed by atoms with Gasteiger partial charge in [-0.2, -0.15) is 0 Å². The van der Waals surface area contributed by atoms with E-state index in [0.717, 1.165) is 17.7 Å². The Balaban J connectivity index is 1.62. The van der Waals surface area contributed by atoms with Gasteiger partial charge in [0, 0.05) is 12.6 Å². The maximum absolute atomic E-state index is 13.7. The van der Waals surface area contributed by atoms with Crippen LogP contribution < -0.4 is 10.6 Å². The number of aromatic nitrogens is 2. The van der Waals surface area contributed by atoms with Crippen LogP contribution in [0, 0.1) is 17.5 Å². The molecule has 0 aliphatic carbocycles. The van der Waals surface area contributed by atoms with Gasteiger partial charge < -0.3 is 10.6 Å². The number of para-hydroxylation sites is 1. The van der Waals surface area contributed by atoms with E-state index in [9.17, 15) is 13.2 Å². The number of halogens is 3. The summed E-state index contributed by atoms with van der Waals surface area (Å²) in [6.07, 6.45) is 1.97. The van der Waals surface area contributed by atoms with Gasteiger partial charge in [0.1, 0.15) is 41.1 Å². The third-order valence-corrected chi connectivity index (χ3v) is 3.52. The van der Waals surface area contributed by atoms with Crippen molar-refractivity contribution in [2.45, 2.75) is 6.42 Å². The second-order valence-electron chi connectivity index (χ2n) is 5.31. The first kappa shape index (κ1) is 16.8. The lowest BCUT2D eigenvalue weighted by Gasteiger charge is -2.10. The summed E-state index contributed by atoms with van der Waals surface area (Å²) >= 11 is 0. The third kappa shape index (κ3) is 4.47. The molecule has 0 aliphatic heterocycles. The second-order valence-corrected chi connectivity index (χ2v) is 5.31. The third-order valence-electron chi connectivity index (χ3n) is 3.52. The molecule has 0 saturated heterocycles. The summed E-state index contributed by atoms with van der Waals surface area (Å²) in [5.41, 5.74) is 0.716. The highest BCUT2D eigenvalue weighted by Gasteiger charge is 2.09. The van der Waals surface area contributed by atoms with Crippen LogP contribution in [0.3, 0.4) is 0 Å². The lowest BCUT2D eigenvalue weighted by molar-refractivity contribution is 0.590. The smallest absolute Gasteiger partial charge is 0.149 e. The van der Waals surface area contributed by atoms with Crippen LogP contribution in [0.1, 0.15) is 5.56 Å². The molecule has 0 saturated carbocycles. The van der Waals surface area contributed by atoms with E-state index in [-0.39, 0.29) is 17.3 Å². The molecular formula is C18H15F3N4. The predicted molar refractivity (Wildman–Crippen MR) is 90.3 cm³/mol. The fourth-order valence-corrected chi connectivity index (χ4v) is 2.25. The maximum Gasteiger partial charge on any atom is 0.149 e. The van der Waals surface area contributed by atoms with Crippen LogP contribution in [-0.4, -0.2) is 16.5 Å². The Morgan fingerprint density at radius 3 is 2.24 bits per heavy atom. The highest BCUT2D eigenvalue weighted by atomic mass is 19.1. The van der Waals surface area contributed by atoms with Crippen molar-refractivity contribution < 1.29 is 13.2 Å². The van der Waals surface area contributed by atoms with Crippen LogP contribution in [0.2, 0.25) is 0 Å². The molecule has 0 aliphatic rings. The Bertz CT molecular complexity index is 833. The summed E-state index contributed by atoms with van der Waals surface area (Å²) < 4.78 is 40.2. The van der Waals surface area contributed by atoms with Crippen molar-refractivity contribution in [2.24, 2.45) is 0 Å². The summed E-state index contributed by atoms with van der Waals surface area (Å²) in [6, 6.07) is 11.4. The fourth-order valence-electron chi connectivity index (χ4n) is 2.25. The van der Waals surface area contributed by atoms with Crippen LogP contribution in [-0.2, 0) is 6.42 Å². The van der Waals surface area contributed by atoms with Crippen LogP contribution in [0.15, 0.2) is 54.9 Å². The van der Waals surface area contributed by atoms with Crippen molar-refractivity contribution in [2.75, 3.05) is 17.2 Å². The standard InChI is InChI=1S/C18H15F3N4/c19-13-6-4-12(5-7-13)8-9-22-16-10-17(24-11-23-16)25-18-14(20)2-1-3-15(18)21/h1-7,10-11H,8-9H2,(H2,22,23,24,25). The number of rotatable bonds is 6. The molecule has 3 aromatic rings. The topological polar surface area (TPSA) is 49.8 Å². The Labute approximate surface area is 142 Å². The first-order chi connectivity index (χ1) is 12.1. The van der Waals surface area contributed by atoms with Crippen molar-refractivity contribution in [3.63, 3.8) is 0 Å². The van der Waals surface area contributed by atoms with Crippen LogP contribution in [0.5, 0.6) is 0 Å². The van der Waals surface area contributed by atoms with Gasteiger partial charge in [0.2, 0.25) is 0 Å². The highest BCUT2D eigenvalue weighted by Crippen LogP contribution is 2.22. The zero-order chi connectivity index (χ0) is 17.6. The van der Waals surface area contributed by atoms with Gasteiger partial charge in [-0.25, -0.2) is 23.1 Å². The van der Waals surface area contributed by atoms with E-state index in [4.69, 9.17) is 0 Å². The molecule has 25 heavy (non-hydrogen) atoms.